The van der Waals surface area contributed by atoms with Gasteiger partial charge in [-0.15, -0.1) is 0 Å². The third-order valence-electron chi connectivity index (χ3n) is 2.41. The quantitative estimate of drug-likeness (QED) is 0.552. The van der Waals surface area contributed by atoms with E-state index in [9.17, 15) is 0 Å². The van der Waals surface area contributed by atoms with E-state index in [-0.39, 0.29) is 0 Å². The molecule has 0 aliphatic carbocycles. The van der Waals surface area contributed by atoms with Crippen molar-refractivity contribution in [3.63, 3.8) is 0 Å². The highest BCUT2D eigenvalue weighted by Gasteiger charge is 2.05. The first-order chi connectivity index (χ1) is 8.26. The minimum Gasteiger partial charge on any atom is -0.375 e. The molecule has 0 spiro atoms. The second kappa shape index (κ2) is 4.51. The molecule has 1 aromatic carbocycles. The fraction of sp³-hybridized carbons (Fsp3) is 0. The van der Waals surface area contributed by atoms with Crippen molar-refractivity contribution in [3.05, 3.63) is 30.6 Å². The monoisotopic (exact) mass is 374 g/mol. The van der Waals surface area contributed by atoms with Crippen LogP contribution in [0.1, 0.15) is 0 Å². The molecule has 3 aromatic rings. The van der Waals surface area contributed by atoms with Crippen LogP contribution in [0.15, 0.2) is 30.6 Å². The average Bonchev–Trinajstić information content (AvgIpc) is 2.92. The van der Waals surface area contributed by atoms with Crippen LogP contribution in [0.5, 0.6) is 0 Å². The molecule has 0 aliphatic rings. The van der Waals surface area contributed by atoms with E-state index in [2.05, 4.69) is 50.5 Å². The zero-order chi connectivity index (χ0) is 11.8. The van der Waals surface area contributed by atoms with Gasteiger partial charge < -0.3 is 5.73 Å². The van der Waals surface area contributed by atoms with E-state index >= 15 is 0 Å². The molecule has 0 radical (unpaired) electrons. The molecule has 1 atom stereocenters. The summed E-state index contributed by atoms with van der Waals surface area (Å²) in [6.45, 7) is 0. The highest BCUT2D eigenvalue weighted by Crippen LogP contribution is 2.30. The highest BCUT2D eigenvalue weighted by atomic mass is 127. The third-order valence-corrected chi connectivity index (χ3v) is 5.16. The fourth-order valence-corrected chi connectivity index (χ4v) is 3.49. The van der Waals surface area contributed by atoms with E-state index in [1.54, 1.807) is 0 Å². The summed E-state index contributed by atoms with van der Waals surface area (Å²) in [7, 11) is 0. The molecule has 0 saturated heterocycles. The first-order valence-electron chi connectivity index (χ1n) is 4.84. The lowest BCUT2D eigenvalue weighted by atomic mass is 10.1. The number of anilines is 1. The summed E-state index contributed by atoms with van der Waals surface area (Å²) < 4.78 is 3.05. The molecular weight excluding hydrogens is 366 g/mol. The molecule has 0 aliphatic heterocycles. The predicted octanol–water partition coefficient (Wildman–Crippen LogP) is 3.53. The second-order valence-electron chi connectivity index (χ2n) is 3.49. The van der Waals surface area contributed by atoms with Crippen LogP contribution < -0.4 is 5.73 Å². The van der Waals surface area contributed by atoms with Crippen molar-refractivity contribution in [1.29, 1.82) is 0 Å². The number of fused-ring (bicyclic) bond motifs is 1. The zero-order valence-electron chi connectivity index (χ0n) is 8.59. The zero-order valence-corrected chi connectivity index (χ0v) is 12.6. The summed E-state index contributed by atoms with van der Waals surface area (Å²) in [6.07, 6.45) is 4.57. The number of aromatic nitrogens is 3. The lowest BCUT2D eigenvalue weighted by Gasteiger charge is -1.96. The van der Waals surface area contributed by atoms with Crippen molar-refractivity contribution in [2.24, 2.45) is 0 Å². The number of nitrogen functional groups attached to an aromatic ring is 1. The van der Waals surface area contributed by atoms with Gasteiger partial charge in [-0.1, -0.05) is 17.4 Å². The fourth-order valence-electron chi connectivity index (χ4n) is 1.64. The van der Waals surface area contributed by atoms with Crippen LogP contribution in [-0.2, 0) is 0 Å². The SMILES string of the molecule is Nc1nc2ccc(-c3cnn(PI)c3)cc2s1. The lowest BCUT2D eigenvalue weighted by molar-refractivity contribution is 1.01. The van der Waals surface area contributed by atoms with Crippen molar-refractivity contribution < 1.29 is 0 Å². The maximum Gasteiger partial charge on any atom is 0.181 e. The molecule has 1 unspecified atom stereocenters. The Bertz CT molecular complexity index is 678. The Morgan fingerprint density at radius 1 is 1.35 bits per heavy atom. The molecule has 0 saturated carbocycles. The van der Waals surface area contributed by atoms with Gasteiger partial charge in [0.05, 0.1) is 22.8 Å². The van der Waals surface area contributed by atoms with E-state index < -0.39 is 0 Å². The molecule has 3 rings (SSSR count). The number of hydrogen-bond acceptors (Lipinski definition) is 4. The summed E-state index contributed by atoms with van der Waals surface area (Å²) in [5, 5.41) is 4.89. The van der Waals surface area contributed by atoms with Crippen LogP contribution in [0.3, 0.4) is 0 Å². The molecular formula is C10H8IN4PS. The van der Waals surface area contributed by atoms with Gasteiger partial charge >= 0.3 is 0 Å². The Morgan fingerprint density at radius 2 is 2.24 bits per heavy atom. The number of hydrogen-bond donors (Lipinski definition) is 1. The van der Waals surface area contributed by atoms with Crippen molar-refractivity contribution in [1.82, 2.24) is 14.5 Å². The number of rotatable bonds is 2. The summed E-state index contributed by atoms with van der Waals surface area (Å²) in [5.41, 5.74) is 8.94. The van der Waals surface area contributed by atoms with Crippen LogP contribution in [0.2, 0.25) is 0 Å². The Kier molecular flexibility index (Phi) is 3.02. The topological polar surface area (TPSA) is 56.7 Å². The van der Waals surface area contributed by atoms with E-state index in [4.69, 9.17) is 5.73 Å². The molecule has 2 N–H and O–H groups in total. The van der Waals surface area contributed by atoms with Gasteiger partial charge in [0.2, 0.25) is 0 Å². The van der Waals surface area contributed by atoms with Gasteiger partial charge in [-0.05, 0) is 39.7 Å². The minimum atomic E-state index is 0.613. The van der Waals surface area contributed by atoms with Crippen LogP contribution in [0.4, 0.5) is 5.13 Å². The van der Waals surface area contributed by atoms with Crippen LogP contribution in [0.25, 0.3) is 21.3 Å². The van der Waals surface area contributed by atoms with Crippen LogP contribution in [-0.4, -0.2) is 14.5 Å². The molecule has 4 nitrogen and oxygen atoms in total. The molecule has 0 amide bonds. The van der Waals surface area contributed by atoms with Gasteiger partial charge in [0.1, 0.15) is 0 Å². The molecule has 0 fully saturated rings. The molecule has 7 heteroatoms. The third kappa shape index (κ3) is 2.17. The number of nitrogens with zero attached hydrogens (tertiary/aromatic N) is 3. The Labute approximate surface area is 117 Å². The van der Waals surface area contributed by atoms with E-state index in [0.717, 1.165) is 21.3 Å². The largest absolute Gasteiger partial charge is 0.375 e. The van der Waals surface area contributed by atoms with Crippen LogP contribution >= 0.6 is 39.8 Å². The smallest absolute Gasteiger partial charge is 0.181 e. The van der Waals surface area contributed by atoms with E-state index in [1.807, 2.05) is 16.7 Å². The molecule has 2 heterocycles. The van der Waals surface area contributed by atoms with E-state index in [0.29, 0.717) is 11.5 Å². The first kappa shape index (κ1) is 11.4. The summed E-state index contributed by atoms with van der Waals surface area (Å²) in [4.78, 5) is 4.24. The molecule has 0 bridgehead atoms. The standard InChI is InChI=1S/C10H8IN4PS/c11-16-15-5-7(4-13-15)6-1-2-8-9(3-6)17-10(12)14-8/h1-5,16H,(H2,12,14). The normalized spacial score (nSPS) is 11.8. The van der Waals surface area contributed by atoms with Gasteiger partial charge in [0, 0.05) is 11.8 Å². The van der Waals surface area contributed by atoms with Crippen molar-refractivity contribution in [2.45, 2.75) is 0 Å². The Hall–Kier alpha value is -0.720. The van der Waals surface area contributed by atoms with E-state index in [1.165, 1.54) is 11.3 Å². The van der Waals surface area contributed by atoms with Gasteiger partial charge in [0.15, 0.2) is 5.13 Å². The van der Waals surface area contributed by atoms with Gasteiger partial charge in [-0.25, -0.2) is 9.44 Å². The molecule has 17 heavy (non-hydrogen) atoms. The lowest BCUT2D eigenvalue weighted by Crippen LogP contribution is -1.79. The Balaban J connectivity index is 2.10. The Morgan fingerprint density at radius 3 is 3.00 bits per heavy atom. The van der Waals surface area contributed by atoms with Gasteiger partial charge in [-0.2, -0.15) is 5.10 Å². The summed E-state index contributed by atoms with van der Waals surface area (Å²) >= 11 is 3.82. The highest BCUT2D eigenvalue weighted by molar-refractivity contribution is 14.2. The van der Waals surface area contributed by atoms with Crippen molar-refractivity contribution >= 4 is 55.1 Å². The second-order valence-corrected chi connectivity index (χ2v) is 6.63. The number of benzene rings is 1. The van der Waals surface area contributed by atoms with Crippen molar-refractivity contribution in [3.8, 4) is 11.1 Å². The predicted molar refractivity (Wildman–Crippen MR) is 83.0 cm³/mol. The number of nitrogens with two attached hydrogens (primary N) is 1. The van der Waals surface area contributed by atoms with Gasteiger partial charge in [-0.3, -0.25) is 0 Å². The minimum absolute atomic E-state index is 0.613. The molecule has 86 valence electrons. The average molecular weight is 374 g/mol. The first-order valence-corrected chi connectivity index (χ1v) is 9.72. The maximum atomic E-state index is 5.70. The summed E-state index contributed by atoms with van der Waals surface area (Å²) in [6, 6.07) is 6.17. The molecule has 2 aromatic heterocycles. The van der Waals surface area contributed by atoms with Crippen molar-refractivity contribution in [2.75, 3.05) is 5.73 Å². The number of thiazole rings is 1. The van der Waals surface area contributed by atoms with Crippen LogP contribution in [0, 0.1) is 0 Å². The summed E-state index contributed by atoms with van der Waals surface area (Å²) in [5.74, 6) is 0. The number of halogens is 1. The van der Waals surface area contributed by atoms with Gasteiger partial charge in [0.25, 0.3) is 0 Å². The maximum absolute atomic E-state index is 5.70.